The lowest BCUT2D eigenvalue weighted by Gasteiger charge is -2.20. The summed E-state index contributed by atoms with van der Waals surface area (Å²) in [6.45, 7) is 8.51. The number of benzene rings is 1. The molecular weight excluding hydrogens is 266 g/mol. The first-order valence-corrected chi connectivity index (χ1v) is 7.38. The molecule has 0 amide bonds. The monoisotopic (exact) mass is 293 g/mol. The van der Waals surface area contributed by atoms with Gasteiger partial charge in [0.2, 0.25) is 0 Å². The third-order valence-electron chi connectivity index (χ3n) is 3.02. The fourth-order valence-electron chi connectivity index (χ4n) is 1.86. The highest BCUT2D eigenvalue weighted by atomic mass is 16.6. The third kappa shape index (κ3) is 7.71. The molecule has 1 rings (SSSR count). The summed E-state index contributed by atoms with van der Waals surface area (Å²) in [4.78, 5) is 11.6. The zero-order valence-corrected chi connectivity index (χ0v) is 13.7. The maximum absolute atomic E-state index is 11.6. The van der Waals surface area contributed by atoms with Crippen molar-refractivity contribution in [3.8, 4) is 5.75 Å². The topological polar surface area (TPSA) is 47.6 Å². The molecule has 1 aromatic carbocycles. The van der Waals surface area contributed by atoms with Crippen LogP contribution >= 0.6 is 0 Å². The van der Waals surface area contributed by atoms with Gasteiger partial charge >= 0.3 is 5.97 Å². The van der Waals surface area contributed by atoms with Crippen LogP contribution < -0.4 is 10.1 Å². The van der Waals surface area contributed by atoms with E-state index in [-0.39, 0.29) is 12.0 Å². The second-order valence-electron chi connectivity index (χ2n) is 6.26. The molecule has 0 radical (unpaired) electrons. The van der Waals surface area contributed by atoms with Gasteiger partial charge in [-0.2, -0.15) is 0 Å². The molecule has 0 bridgehead atoms. The van der Waals surface area contributed by atoms with Crippen molar-refractivity contribution in [2.24, 2.45) is 0 Å². The molecule has 0 aliphatic rings. The molecule has 4 nitrogen and oxygen atoms in total. The Kier molecular flexibility index (Phi) is 6.69. The van der Waals surface area contributed by atoms with Crippen molar-refractivity contribution in [2.75, 3.05) is 7.11 Å². The molecule has 1 atom stereocenters. The molecule has 1 N–H and O–H groups in total. The second kappa shape index (κ2) is 8.03. The first-order chi connectivity index (χ1) is 9.80. The molecule has 118 valence electrons. The van der Waals surface area contributed by atoms with E-state index in [0.29, 0.717) is 6.42 Å². The van der Waals surface area contributed by atoms with Crippen LogP contribution in [0.15, 0.2) is 24.3 Å². The molecule has 1 unspecified atom stereocenters. The van der Waals surface area contributed by atoms with Crippen LogP contribution in [0.3, 0.4) is 0 Å². The molecule has 0 spiro atoms. The van der Waals surface area contributed by atoms with Crippen LogP contribution in [0.25, 0.3) is 0 Å². The number of carbonyl (C=O) groups excluding carboxylic acids is 1. The minimum atomic E-state index is -0.406. The molecule has 0 aliphatic heterocycles. The smallest absolute Gasteiger partial charge is 0.306 e. The highest BCUT2D eigenvalue weighted by Crippen LogP contribution is 2.12. The summed E-state index contributed by atoms with van der Waals surface area (Å²) in [7, 11) is 1.66. The molecular formula is C17H27NO3. The molecule has 4 heteroatoms. The minimum Gasteiger partial charge on any atom is -0.497 e. The van der Waals surface area contributed by atoms with Crippen molar-refractivity contribution in [3.05, 3.63) is 29.8 Å². The predicted octanol–water partition coefficient (Wildman–Crippen LogP) is 3.30. The van der Waals surface area contributed by atoms with E-state index in [2.05, 4.69) is 12.2 Å². The van der Waals surface area contributed by atoms with E-state index in [4.69, 9.17) is 9.47 Å². The predicted molar refractivity (Wildman–Crippen MR) is 84.4 cm³/mol. The van der Waals surface area contributed by atoms with Gasteiger partial charge in [-0.15, -0.1) is 0 Å². The average molecular weight is 293 g/mol. The Bertz CT molecular complexity index is 434. The Hall–Kier alpha value is -1.55. The molecule has 0 aliphatic carbocycles. The molecule has 0 saturated carbocycles. The molecule has 0 saturated heterocycles. The summed E-state index contributed by atoms with van der Waals surface area (Å²) >= 11 is 0. The average Bonchev–Trinajstić information content (AvgIpc) is 2.41. The van der Waals surface area contributed by atoms with Crippen LogP contribution in [0.1, 0.15) is 46.1 Å². The van der Waals surface area contributed by atoms with Gasteiger partial charge in [-0.05, 0) is 51.8 Å². The lowest BCUT2D eigenvalue weighted by Crippen LogP contribution is -2.28. The summed E-state index contributed by atoms with van der Waals surface area (Å²) < 4.78 is 10.4. The van der Waals surface area contributed by atoms with E-state index in [1.54, 1.807) is 7.11 Å². The number of rotatable bonds is 7. The zero-order chi connectivity index (χ0) is 15.9. The SMILES string of the molecule is COc1ccc(CNC(C)CCC(=O)OC(C)(C)C)cc1. The summed E-state index contributed by atoms with van der Waals surface area (Å²) in [5.41, 5.74) is 0.788. The number of ether oxygens (including phenoxy) is 2. The van der Waals surface area contributed by atoms with Gasteiger partial charge in [0, 0.05) is 19.0 Å². The van der Waals surface area contributed by atoms with Gasteiger partial charge in [-0.3, -0.25) is 4.79 Å². The minimum absolute atomic E-state index is 0.138. The summed E-state index contributed by atoms with van der Waals surface area (Å²) in [5.74, 6) is 0.720. The Labute approximate surface area is 127 Å². The summed E-state index contributed by atoms with van der Waals surface area (Å²) in [6, 6.07) is 8.23. The Morgan fingerprint density at radius 2 is 1.86 bits per heavy atom. The number of methoxy groups -OCH3 is 1. The molecule has 1 aromatic rings. The van der Waals surface area contributed by atoms with E-state index in [1.807, 2.05) is 45.0 Å². The van der Waals surface area contributed by atoms with Gasteiger partial charge in [0.05, 0.1) is 7.11 Å². The molecule has 0 heterocycles. The summed E-state index contributed by atoms with van der Waals surface area (Å²) in [6.07, 6.45) is 1.21. The van der Waals surface area contributed by atoms with Crippen LogP contribution in [0.4, 0.5) is 0 Å². The molecule has 0 aromatic heterocycles. The fraction of sp³-hybridized carbons (Fsp3) is 0.588. The van der Waals surface area contributed by atoms with E-state index in [0.717, 1.165) is 18.7 Å². The Morgan fingerprint density at radius 1 is 1.24 bits per heavy atom. The van der Waals surface area contributed by atoms with Crippen LogP contribution in [0.5, 0.6) is 5.75 Å². The first kappa shape index (κ1) is 17.5. The van der Waals surface area contributed by atoms with Crippen molar-refractivity contribution in [1.29, 1.82) is 0 Å². The van der Waals surface area contributed by atoms with Crippen molar-refractivity contribution in [3.63, 3.8) is 0 Å². The lowest BCUT2D eigenvalue weighted by atomic mass is 10.1. The first-order valence-electron chi connectivity index (χ1n) is 7.38. The fourth-order valence-corrected chi connectivity index (χ4v) is 1.86. The largest absolute Gasteiger partial charge is 0.497 e. The summed E-state index contributed by atoms with van der Waals surface area (Å²) in [5, 5.41) is 3.41. The number of carbonyl (C=O) groups is 1. The van der Waals surface area contributed by atoms with E-state index in [9.17, 15) is 4.79 Å². The van der Waals surface area contributed by atoms with E-state index in [1.165, 1.54) is 5.56 Å². The molecule has 0 fully saturated rings. The van der Waals surface area contributed by atoms with Gasteiger partial charge in [-0.1, -0.05) is 12.1 Å². The number of esters is 1. The van der Waals surface area contributed by atoms with Crippen molar-refractivity contribution in [1.82, 2.24) is 5.32 Å². The van der Waals surface area contributed by atoms with Crippen molar-refractivity contribution in [2.45, 2.75) is 58.7 Å². The lowest BCUT2D eigenvalue weighted by molar-refractivity contribution is -0.155. The van der Waals surface area contributed by atoms with Crippen LogP contribution in [0, 0.1) is 0 Å². The number of hydrogen-bond acceptors (Lipinski definition) is 4. The van der Waals surface area contributed by atoms with Crippen LogP contribution in [-0.2, 0) is 16.1 Å². The Balaban J connectivity index is 2.27. The highest BCUT2D eigenvalue weighted by molar-refractivity contribution is 5.69. The quantitative estimate of drug-likeness (QED) is 0.784. The maximum Gasteiger partial charge on any atom is 0.306 e. The van der Waals surface area contributed by atoms with E-state index >= 15 is 0 Å². The van der Waals surface area contributed by atoms with Gasteiger partial charge in [0.15, 0.2) is 0 Å². The second-order valence-corrected chi connectivity index (χ2v) is 6.26. The van der Waals surface area contributed by atoms with Gasteiger partial charge in [-0.25, -0.2) is 0 Å². The normalized spacial score (nSPS) is 12.8. The molecule has 21 heavy (non-hydrogen) atoms. The van der Waals surface area contributed by atoms with E-state index < -0.39 is 5.60 Å². The zero-order valence-electron chi connectivity index (χ0n) is 13.7. The maximum atomic E-state index is 11.6. The van der Waals surface area contributed by atoms with Gasteiger partial charge in [0.1, 0.15) is 11.4 Å². The highest BCUT2D eigenvalue weighted by Gasteiger charge is 2.16. The van der Waals surface area contributed by atoms with Crippen LogP contribution in [-0.4, -0.2) is 24.7 Å². The number of hydrogen-bond donors (Lipinski definition) is 1. The van der Waals surface area contributed by atoms with Crippen molar-refractivity contribution < 1.29 is 14.3 Å². The van der Waals surface area contributed by atoms with Gasteiger partial charge < -0.3 is 14.8 Å². The third-order valence-corrected chi connectivity index (χ3v) is 3.02. The van der Waals surface area contributed by atoms with Crippen molar-refractivity contribution >= 4 is 5.97 Å². The Morgan fingerprint density at radius 3 is 2.38 bits per heavy atom. The van der Waals surface area contributed by atoms with Gasteiger partial charge in [0.25, 0.3) is 0 Å². The standard InChI is InChI=1S/C17H27NO3/c1-13(6-11-16(19)21-17(2,3)4)18-12-14-7-9-15(20-5)10-8-14/h7-10,13,18H,6,11-12H2,1-5H3. The number of nitrogens with one attached hydrogen (secondary N) is 1. The van der Waals surface area contributed by atoms with Crippen LogP contribution in [0.2, 0.25) is 0 Å².